The quantitative estimate of drug-likeness (QED) is 0.685. The third-order valence-electron chi connectivity index (χ3n) is 4.50. The number of benzene rings is 2. The third-order valence-corrected chi connectivity index (χ3v) is 5.03. The highest BCUT2D eigenvalue weighted by Crippen LogP contribution is 2.32. The van der Waals surface area contributed by atoms with Crippen LogP contribution in [0.25, 0.3) is 0 Å². The van der Waals surface area contributed by atoms with Gasteiger partial charge in [0.2, 0.25) is 0 Å². The summed E-state index contributed by atoms with van der Waals surface area (Å²) in [6, 6.07) is 16.4. The van der Waals surface area contributed by atoms with Crippen LogP contribution in [0.15, 0.2) is 71.5 Å². The second-order valence-corrected chi connectivity index (χ2v) is 7.17. The van der Waals surface area contributed by atoms with E-state index < -0.39 is 0 Å². The Bertz CT molecular complexity index is 1000. The van der Waals surface area contributed by atoms with Crippen LogP contribution in [0.1, 0.15) is 26.3 Å². The van der Waals surface area contributed by atoms with E-state index in [1.54, 1.807) is 41.6 Å². The van der Waals surface area contributed by atoms with Crippen molar-refractivity contribution in [3.63, 3.8) is 0 Å². The largest absolute Gasteiger partial charge is 0.322 e. The van der Waals surface area contributed by atoms with E-state index in [1.807, 2.05) is 30.3 Å². The number of hydrogen-bond acceptors (Lipinski definition) is 3. The number of amides is 2. The van der Waals surface area contributed by atoms with Crippen molar-refractivity contribution in [1.29, 1.82) is 0 Å². The van der Waals surface area contributed by atoms with Gasteiger partial charge >= 0.3 is 0 Å². The van der Waals surface area contributed by atoms with Crippen LogP contribution in [0.5, 0.6) is 0 Å². The Balaban J connectivity index is 1.57. The van der Waals surface area contributed by atoms with Crippen molar-refractivity contribution in [2.45, 2.75) is 6.42 Å². The number of nitrogens with zero attached hydrogens (tertiary/aromatic N) is 2. The van der Waals surface area contributed by atoms with Gasteiger partial charge in [-0.3, -0.25) is 14.6 Å². The van der Waals surface area contributed by atoms with Gasteiger partial charge in [0.25, 0.3) is 11.8 Å². The van der Waals surface area contributed by atoms with Gasteiger partial charge in [0.1, 0.15) is 0 Å². The highest BCUT2D eigenvalue weighted by Gasteiger charge is 2.26. The maximum absolute atomic E-state index is 12.8. The smallest absolute Gasteiger partial charge is 0.259 e. The maximum Gasteiger partial charge on any atom is 0.259 e. The van der Waals surface area contributed by atoms with Crippen LogP contribution in [0.2, 0.25) is 0 Å². The number of halogens is 1. The summed E-state index contributed by atoms with van der Waals surface area (Å²) in [4.78, 5) is 31.0. The second kappa shape index (κ2) is 7.32. The first kappa shape index (κ1) is 17.4. The number of carbonyl (C=O) groups is 2. The fraction of sp³-hybridized carbons (Fsp3) is 0.0952. The predicted octanol–water partition coefficient (Wildman–Crippen LogP) is 4.30. The number of hydrogen-bond donors (Lipinski definition) is 1. The predicted molar refractivity (Wildman–Crippen MR) is 108 cm³/mol. The molecule has 0 fully saturated rings. The lowest BCUT2D eigenvalue weighted by Crippen LogP contribution is -2.29. The molecule has 0 saturated heterocycles. The molecule has 2 amide bonds. The van der Waals surface area contributed by atoms with Gasteiger partial charge in [0, 0.05) is 40.3 Å². The average Bonchev–Trinajstić information content (AvgIpc) is 3.12. The van der Waals surface area contributed by atoms with Crippen molar-refractivity contribution in [2.75, 3.05) is 16.8 Å². The van der Waals surface area contributed by atoms with E-state index in [4.69, 9.17) is 0 Å². The first-order chi connectivity index (χ1) is 13.1. The molecule has 3 aromatic rings. The second-order valence-electron chi connectivity index (χ2n) is 6.25. The fourth-order valence-electron chi connectivity index (χ4n) is 3.12. The van der Waals surface area contributed by atoms with Crippen LogP contribution < -0.4 is 10.2 Å². The van der Waals surface area contributed by atoms with Gasteiger partial charge in [-0.1, -0.05) is 22.0 Å². The van der Waals surface area contributed by atoms with Crippen molar-refractivity contribution >= 4 is 39.1 Å². The van der Waals surface area contributed by atoms with E-state index in [0.717, 1.165) is 22.1 Å². The van der Waals surface area contributed by atoms with Gasteiger partial charge in [-0.25, -0.2) is 0 Å². The number of rotatable bonds is 3. The molecule has 0 saturated carbocycles. The van der Waals surface area contributed by atoms with Crippen molar-refractivity contribution in [3.8, 4) is 0 Å². The zero-order valence-electron chi connectivity index (χ0n) is 14.4. The summed E-state index contributed by atoms with van der Waals surface area (Å²) < 4.78 is 0.918. The lowest BCUT2D eigenvalue weighted by molar-refractivity contribution is 0.0987. The van der Waals surface area contributed by atoms with Gasteiger partial charge < -0.3 is 10.2 Å². The molecule has 27 heavy (non-hydrogen) atoms. The zero-order chi connectivity index (χ0) is 18.8. The first-order valence-electron chi connectivity index (χ1n) is 8.53. The SMILES string of the molecule is O=C(Nc1ccc2c(c1)N(C(=O)c1cccnc1)CC2)c1ccc(Br)cc1. The monoisotopic (exact) mass is 421 g/mol. The summed E-state index contributed by atoms with van der Waals surface area (Å²) in [6.07, 6.45) is 4.01. The average molecular weight is 422 g/mol. The van der Waals surface area contributed by atoms with Crippen LogP contribution in [-0.2, 0) is 6.42 Å². The van der Waals surface area contributed by atoms with Gasteiger partial charge in [-0.05, 0) is 60.5 Å². The van der Waals surface area contributed by atoms with Gasteiger partial charge in [-0.2, -0.15) is 0 Å². The zero-order valence-corrected chi connectivity index (χ0v) is 15.9. The van der Waals surface area contributed by atoms with Crippen LogP contribution in [0.3, 0.4) is 0 Å². The van der Waals surface area contributed by atoms with Crippen molar-refractivity contribution in [3.05, 3.63) is 88.2 Å². The molecule has 0 aliphatic carbocycles. The normalized spacial score (nSPS) is 12.6. The lowest BCUT2D eigenvalue weighted by Gasteiger charge is -2.18. The van der Waals surface area contributed by atoms with Crippen LogP contribution in [0, 0.1) is 0 Å². The summed E-state index contributed by atoms with van der Waals surface area (Å²) in [6.45, 7) is 0.618. The Kier molecular flexibility index (Phi) is 4.73. The van der Waals surface area contributed by atoms with E-state index >= 15 is 0 Å². The van der Waals surface area contributed by atoms with Crippen LogP contribution in [-0.4, -0.2) is 23.3 Å². The van der Waals surface area contributed by atoms with E-state index in [9.17, 15) is 9.59 Å². The van der Waals surface area contributed by atoms with Gasteiger partial charge in [0.15, 0.2) is 0 Å². The van der Waals surface area contributed by atoms with Crippen LogP contribution >= 0.6 is 15.9 Å². The Hall–Kier alpha value is -2.99. The highest BCUT2D eigenvalue weighted by molar-refractivity contribution is 9.10. The molecule has 0 bridgehead atoms. The molecule has 0 radical (unpaired) electrons. The summed E-state index contributed by atoms with van der Waals surface area (Å²) in [5.74, 6) is -0.274. The molecule has 1 aromatic heterocycles. The minimum Gasteiger partial charge on any atom is -0.322 e. The Labute approximate surface area is 165 Å². The van der Waals surface area contributed by atoms with E-state index in [2.05, 4.69) is 26.2 Å². The molecular weight excluding hydrogens is 406 g/mol. The molecule has 6 heteroatoms. The Morgan fingerprint density at radius 2 is 1.85 bits per heavy atom. The van der Waals surface area contributed by atoms with Crippen LogP contribution in [0.4, 0.5) is 11.4 Å². The lowest BCUT2D eigenvalue weighted by atomic mass is 10.1. The molecule has 2 heterocycles. The molecule has 1 aliphatic heterocycles. The molecule has 0 spiro atoms. The molecule has 0 unspecified atom stereocenters. The minimum absolute atomic E-state index is 0.0850. The number of anilines is 2. The molecular formula is C21H16BrN3O2. The summed E-state index contributed by atoms with van der Waals surface area (Å²) in [5, 5.41) is 2.90. The fourth-order valence-corrected chi connectivity index (χ4v) is 3.38. The molecule has 1 aliphatic rings. The summed E-state index contributed by atoms with van der Waals surface area (Å²) in [5.41, 5.74) is 3.70. The van der Waals surface area contributed by atoms with E-state index in [-0.39, 0.29) is 11.8 Å². The molecule has 134 valence electrons. The maximum atomic E-state index is 12.8. The number of aromatic nitrogens is 1. The number of pyridine rings is 1. The van der Waals surface area contributed by atoms with E-state index in [0.29, 0.717) is 23.4 Å². The van der Waals surface area contributed by atoms with Gasteiger partial charge in [0.05, 0.1) is 5.56 Å². The topological polar surface area (TPSA) is 62.3 Å². The Morgan fingerprint density at radius 3 is 2.59 bits per heavy atom. The third kappa shape index (κ3) is 3.61. The number of carbonyl (C=O) groups excluding carboxylic acids is 2. The van der Waals surface area contributed by atoms with Crippen molar-refractivity contribution in [1.82, 2.24) is 4.98 Å². The van der Waals surface area contributed by atoms with Crippen molar-refractivity contribution in [2.24, 2.45) is 0 Å². The van der Waals surface area contributed by atoms with E-state index in [1.165, 1.54) is 0 Å². The summed E-state index contributed by atoms with van der Waals surface area (Å²) in [7, 11) is 0. The molecule has 0 atom stereocenters. The number of nitrogens with one attached hydrogen (secondary N) is 1. The van der Waals surface area contributed by atoms with Gasteiger partial charge in [-0.15, -0.1) is 0 Å². The first-order valence-corrected chi connectivity index (χ1v) is 9.33. The summed E-state index contributed by atoms with van der Waals surface area (Å²) >= 11 is 3.36. The van der Waals surface area contributed by atoms with Crippen molar-refractivity contribution < 1.29 is 9.59 Å². The standard InChI is InChI=1S/C21H16BrN3O2/c22-17-6-3-15(4-7-17)20(26)24-18-8-5-14-9-11-25(19(14)12-18)21(27)16-2-1-10-23-13-16/h1-8,10,12-13H,9,11H2,(H,24,26). The highest BCUT2D eigenvalue weighted by atomic mass is 79.9. The minimum atomic E-state index is -0.189. The number of fused-ring (bicyclic) bond motifs is 1. The molecule has 1 N–H and O–H groups in total. The molecule has 5 nitrogen and oxygen atoms in total. The molecule has 4 rings (SSSR count). The Morgan fingerprint density at radius 1 is 1.04 bits per heavy atom. The molecule has 2 aromatic carbocycles.